The highest BCUT2D eigenvalue weighted by atomic mass is 15.2. The van der Waals surface area contributed by atoms with Gasteiger partial charge < -0.3 is 5.73 Å². The molecule has 0 amide bonds. The molecule has 2 nitrogen and oxygen atoms in total. The van der Waals surface area contributed by atoms with Crippen molar-refractivity contribution in [1.29, 1.82) is 0 Å². The summed E-state index contributed by atoms with van der Waals surface area (Å²) >= 11 is 0. The number of hydrogen-bond donors (Lipinski definition) is 1. The normalized spacial score (nSPS) is 16.8. The lowest BCUT2D eigenvalue weighted by Crippen LogP contribution is -2.58. The summed E-state index contributed by atoms with van der Waals surface area (Å²) in [4.78, 5) is 2.46. The second kappa shape index (κ2) is 6.49. The Labute approximate surface area is 96.2 Å². The molecule has 0 rings (SSSR count). The Kier molecular flexibility index (Phi) is 6.46. The Hall–Kier alpha value is -0.0800. The zero-order chi connectivity index (χ0) is 12.1. The van der Waals surface area contributed by atoms with Crippen LogP contribution in [0.4, 0.5) is 0 Å². The van der Waals surface area contributed by atoms with Crippen molar-refractivity contribution < 1.29 is 0 Å². The lowest BCUT2D eigenvalue weighted by atomic mass is 9.82. The summed E-state index contributed by atoms with van der Waals surface area (Å²) in [6, 6.07) is 0.261. The molecule has 0 aromatic rings. The van der Waals surface area contributed by atoms with Crippen molar-refractivity contribution in [1.82, 2.24) is 4.90 Å². The molecule has 0 saturated heterocycles. The molecule has 0 heterocycles. The molecule has 0 saturated carbocycles. The summed E-state index contributed by atoms with van der Waals surface area (Å²) in [5, 5.41) is 0. The first-order chi connectivity index (χ1) is 6.91. The summed E-state index contributed by atoms with van der Waals surface area (Å²) in [6.07, 6.45) is 2.45. The van der Waals surface area contributed by atoms with Crippen molar-refractivity contribution in [3.05, 3.63) is 0 Å². The van der Waals surface area contributed by atoms with Gasteiger partial charge in [-0.05, 0) is 39.3 Å². The molecular formula is C13H30N2. The van der Waals surface area contributed by atoms with Gasteiger partial charge in [-0.3, -0.25) is 4.90 Å². The minimum Gasteiger partial charge on any atom is -0.326 e. The van der Waals surface area contributed by atoms with Crippen molar-refractivity contribution in [2.75, 3.05) is 13.1 Å². The van der Waals surface area contributed by atoms with Gasteiger partial charge in [-0.1, -0.05) is 34.1 Å². The fraction of sp³-hybridized carbons (Fsp3) is 1.00. The summed E-state index contributed by atoms with van der Waals surface area (Å²) < 4.78 is 0. The SMILES string of the molecule is CCCC(C)C(N)C(C)(C)N(CC)CC. The van der Waals surface area contributed by atoms with Crippen molar-refractivity contribution in [3.8, 4) is 0 Å². The smallest absolute Gasteiger partial charge is 0.0306 e. The number of hydrogen-bond acceptors (Lipinski definition) is 2. The van der Waals surface area contributed by atoms with Gasteiger partial charge in [0.25, 0.3) is 0 Å². The van der Waals surface area contributed by atoms with E-state index in [9.17, 15) is 0 Å². The van der Waals surface area contributed by atoms with Crippen molar-refractivity contribution in [3.63, 3.8) is 0 Å². The Morgan fingerprint density at radius 1 is 1.13 bits per heavy atom. The van der Waals surface area contributed by atoms with E-state index in [2.05, 4.69) is 46.4 Å². The highest BCUT2D eigenvalue weighted by Gasteiger charge is 2.34. The van der Waals surface area contributed by atoms with Crippen LogP contribution in [-0.4, -0.2) is 29.6 Å². The van der Waals surface area contributed by atoms with Crippen LogP contribution < -0.4 is 5.73 Å². The zero-order valence-corrected chi connectivity index (χ0v) is 11.5. The molecule has 0 aliphatic rings. The van der Waals surface area contributed by atoms with Gasteiger partial charge in [0.1, 0.15) is 0 Å². The van der Waals surface area contributed by atoms with Crippen molar-refractivity contribution in [2.24, 2.45) is 11.7 Å². The fourth-order valence-electron chi connectivity index (χ4n) is 2.58. The second-order valence-electron chi connectivity index (χ2n) is 5.12. The highest BCUT2D eigenvalue weighted by Crippen LogP contribution is 2.24. The van der Waals surface area contributed by atoms with Gasteiger partial charge in [-0.25, -0.2) is 0 Å². The van der Waals surface area contributed by atoms with Gasteiger partial charge in [0.05, 0.1) is 0 Å². The van der Waals surface area contributed by atoms with Crippen LogP contribution in [0.1, 0.15) is 54.4 Å². The molecule has 0 spiro atoms. The lowest BCUT2D eigenvalue weighted by molar-refractivity contribution is 0.0838. The van der Waals surface area contributed by atoms with Crippen LogP contribution in [-0.2, 0) is 0 Å². The molecule has 0 aliphatic heterocycles. The van der Waals surface area contributed by atoms with E-state index in [1.807, 2.05) is 0 Å². The molecule has 2 N–H and O–H groups in total. The topological polar surface area (TPSA) is 29.3 Å². The Bertz CT molecular complexity index is 162. The number of nitrogens with two attached hydrogens (primary N) is 1. The van der Waals surface area contributed by atoms with Crippen LogP contribution in [0.25, 0.3) is 0 Å². The highest BCUT2D eigenvalue weighted by molar-refractivity contribution is 4.93. The Balaban J connectivity index is 4.54. The lowest BCUT2D eigenvalue weighted by Gasteiger charge is -2.44. The van der Waals surface area contributed by atoms with E-state index < -0.39 is 0 Å². The largest absolute Gasteiger partial charge is 0.326 e. The summed E-state index contributed by atoms with van der Waals surface area (Å²) in [5.41, 5.74) is 6.50. The van der Waals surface area contributed by atoms with Crippen LogP contribution in [0.3, 0.4) is 0 Å². The van der Waals surface area contributed by atoms with Crippen LogP contribution in [0.5, 0.6) is 0 Å². The van der Waals surface area contributed by atoms with Crippen LogP contribution in [0.2, 0.25) is 0 Å². The van der Waals surface area contributed by atoms with E-state index in [0.717, 1.165) is 13.1 Å². The van der Waals surface area contributed by atoms with Crippen molar-refractivity contribution in [2.45, 2.75) is 66.0 Å². The monoisotopic (exact) mass is 214 g/mol. The number of likely N-dealkylation sites (N-methyl/N-ethyl adjacent to an activating group) is 1. The minimum absolute atomic E-state index is 0.109. The quantitative estimate of drug-likeness (QED) is 0.706. The van der Waals surface area contributed by atoms with Crippen LogP contribution in [0.15, 0.2) is 0 Å². The Morgan fingerprint density at radius 3 is 1.93 bits per heavy atom. The van der Waals surface area contributed by atoms with E-state index >= 15 is 0 Å². The van der Waals surface area contributed by atoms with Crippen molar-refractivity contribution >= 4 is 0 Å². The molecule has 0 fully saturated rings. The molecule has 2 unspecified atom stereocenters. The third-order valence-electron chi connectivity index (χ3n) is 3.75. The van der Waals surface area contributed by atoms with E-state index in [1.54, 1.807) is 0 Å². The van der Waals surface area contributed by atoms with E-state index in [0.29, 0.717) is 5.92 Å². The maximum Gasteiger partial charge on any atom is 0.0306 e. The zero-order valence-electron chi connectivity index (χ0n) is 11.5. The minimum atomic E-state index is 0.109. The van der Waals surface area contributed by atoms with Gasteiger partial charge in [0.2, 0.25) is 0 Å². The molecule has 0 bridgehead atoms. The van der Waals surface area contributed by atoms with Crippen LogP contribution in [0, 0.1) is 5.92 Å². The maximum absolute atomic E-state index is 6.39. The molecule has 2 atom stereocenters. The van der Waals surface area contributed by atoms with Crippen LogP contribution >= 0.6 is 0 Å². The molecule has 0 aromatic carbocycles. The predicted octanol–water partition coefficient (Wildman–Crippen LogP) is 2.87. The molecule has 92 valence electrons. The standard InChI is InChI=1S/C13H30N2/c1-7-10-11(4)12(14)13(5,6)15(8-2)9-3/h11-12H,7-10,14H2,1-6H3. The fourth-order valence-corrected chi connectivity index (χ4v) is 2.58. The summed E-state index contributed by atoms with van der Waals surface area (Å²) in [5.74, 6) is 0.602. The van der Waals surface area contributed by atoms with E-state index in [-0.39, 0.29) is 11.6 Å². The first-order valence-electron chi connectivity index (χ1n) is 6.42. The second-order valence-corrected chi connectivity index (χ2v) is 5.12. The molecule has 2 heteroatoms. The third-order valence-corrected chi connectivity index (χ3v) is 3.75. The van der Waals surface area contributed by atoms with Gasteiger partial charge >= 0.3 is 0 Å². The molecule has 15 heavy (non-hydrogen) atoms. The first kappa shape index (κ1) is 14.9. The summed E-state index contributed by atoms with van der Waals surface area (Å²) in [7, 11) is 0. The average Bonchev–Trinajstić information content (AvgIpc) is 2.18. The Morgan fingerprint density at radius 2 is 1.60 bits per heavy atom. The average molecular weight is 214 g/mol. The molecule has 0 aromatic heterocycles. The predicted molar refractivity (Wildman–Crippen MR) is 69.0 cm³/mol. The first-order valence-corrected chi connectivity index (χ1v) is 6.42. The van der Waals surface area contributed by atoms with E-state index in [1.165, 1.54) is 12.8 Å². The van der Waals surface area contributed by atoms with Gasteiger partial charge in [-0.2, -0.15) is 0 Å². The number of nitrogens with zero attached hydrogens (tertiary/aromatic N) is 1. The molecule has 0 aliphatic carbocycles. The maximum atomic E-state index is 6.39. The van der Waals surface area contributed by atoms with E-state index in [4.69, 9.17) is 5.73 Å². The molecule has 0 radical (unpaired) electrons. The molecular weight excluding hydrogens is 184 g/mol. The van der Waals surface area contributed by atoms with Gasteiger partial charge in [-0.15, -0.1) is 0 Å². The third kappa shape index (κ3) is 3.76. The van der Waals surface area contributed by atoms with Gasteiger partial charge in [0.15, 0.2) is 0 Å². The number of rotatable bonds is 7. The van der Waals surface area contributed by atoms with Gasteiger partial charge in [0, 0.05) is 11.6 Å². The summed E-state index contributed by atoms with van der Waals surface area (Å²) in [6.45, 7) is 15.6.